The zero-order chi connectivity index (χ0) is 13.4. The normalized spacial score (nSPS) is 10.2. The Labute approximate surface area is 113 Å². The van der Waals surface area contributed by atoms with Crippen molar-refractivity contribution in [3.05, 3.63) is 23.8 Å². The van der Waals surface area contributed by atoms with E-state index in [1.54, 1.807) is 25.3 Å². The van der Waals surface area contributed by atoms with Crippen molar-refractivity contribution < 1.29 is 14.3 Å². The first-order chi connectivity index (χ1) is 8.72. The molecule has 0 fully saturated rings. The Morgan fingerprint density at radius 3 is 2.72 bits per heavy atom. The highest BCUT2D eigenvalue weighted by Gasteiger charge is 2.10. The van der Waals surface area contributed by atoms with E-state index < -0.39 is 0 Å². The lowest BCUT2D eigenvalue weighted by atomic mass is 10.1. The molecule has 1 rings (SSSR count). The maximum Gasteiger partial charge on any atom is 0.163 e. The lowest BCUT2D eigenvalue weighted by Gasteiger charge is -2.11. The minimum absolute atomic E-state index is 0.0796. The summed E-state index contributed by atoms with van der Waals surface area (Å²) in [4.78, 5) is 11.8. The van der Waals surface area contributed by atoms with E-state index in [1.165, 1.54) is 0 Å². The quantitative estimate of drug-likeness (QED) is 0.534. The molecule has 0 saturated carbocycles. The summed E-state index contributed by atoms with van der Waals surface area (Å²) < 4.78 is 10.8. The number of halogens is 1. The third-order valence-corrected chi connectivity index (χ3v) is 2.75. The fourth-order valence-corrected chi connectivity index (χ4v) is 1.68. The van der Waals surface area contributed by atoms with Gasteiger partial charge in [-0.25, -0.2) is 0 Å². The Kier molecular flexibility index (Phi) is 6.58. The average Bonchev–Trinajstić information content (AvgIpc) is 2.42. The van der Waals surface area contributed by atoms with Crippen LogP contribution in [-0.2, 0) is 0 Å². The van der Waals surface area contributed by atoms with Gasteiger partial charge in [0.1, 0.15) is 0 Å². The van der Waals surface area contributed by atoms with Crippen LogP contribution in [0.4, 0.5) is 0 Å². The highest BCUT2D eigenvalue weighted by atomic mass is 35.5. The third-order valence-electron chi connectivity index (χ3n) is 2.48. The average molecular weight is 271 g/mol. The largest absolute Gasteiger partial charge is 0.493 e. The molecule has 0 amide bonds. The van der Waals surface area contributed by atoms with E-state index in [0.717, 1.165) is 6.42 Å². The first-order valence-electron chi connectivity index (χ1n) is 6.13. The number of carbonyl (C=O) groups excluding carboxylic acids is 1. The van der Waals surface area contributed by atoms with Gasteiger partial charge in [0.05, 0.1) is 13.7 Å². The zero-order valence-corrected chi connectivity index (χ0v) is 11.6. The fourth-order valence-electron chi connectivity index (χ4n) is 1.54. The SMILES string of the molecule is CCCOc1ccc(C(=O)CCCCl)cc1OC. The van der Waals surface area contributed by atoms with Gasteiger partial charge >= 0.3 is 0 Å². The van der Waals surface area contributed by atoms with Crippen LogP contribution in [0.3, 0.4) is 0 Å². The van der Waals surface area contributed by atoms with Crippen molar-refractivity contribution >= 4 is 17.4 Å². The van der Waals surface area contributed by atoms with Crippen molar-refractivity contribution in [3.8, 4) is 11.5 Å². The molecule has 0 aliphatic rings. The molecule has 0 radical (unpaired) electrons. The number of rotatable bonds is 8. The van der Waals surface area contributed by atoms with E-state index in [1.807, 2.05) is 6.92 Å². The molecular formula is C14H19ClO3. The summed E-state index contributed by atoms with van der Waals surface area (Å²) in [5, 5.41) is 0. The molecule has 100 valence electrons. The van der Waals surface area contributed by atoms with Crippen LogP contribution in [0.5, 0.6) is 11.5 Å². The van der Waals surface area contributed by atoms with Crippen molar-refractivity contribution in [2.45, 2.75) is 26.2 Å². The van der Waals surface area contributed by atoms with E-state index >= 15 is 0 Å². The van der Waals surface area contributed by atoms with E-state index in [9.17, 15) is 4.79 Å². The Balaban J connectivity index is 2.80. The first kappa shape index (κ1) is 14.8. The summed E-state index contributed by atoms with van der Waals surface area (Å²) in [7, 11) is 1.57. The third kappa shape index (κ3) is 4.22. The fraction of sp³-hybridized carbons (Fsp3) is 0.500. The molecule has 0 aliphatic carbocycles. The molecule has 0 aromatic heterocycles. The Bertz CT molecular complexity index is 391. The second kappa shape index (κ2) is 7.98. The maximum atomic E-state index is 11.8. The molecule has 0 saturated heterocycles. The Morgan fingerprint density at radius 1 is 1.33 bits per heavy atom. The van der Waals surface area contributed by atoms with Gasteiger partial charge in [-0.05, 0) is 31.0 Å². The van der Waals surface area contributed by atoms with Crippen LogP contribution in [0.15, 0.2) is 18.2 Å². The summed E-state index contributed by atoms with van der Waals surface area (Å²) >= 11 is 5.58. The van der Waals surface area contributed by atoms with Gasteiger partial charge in [0.2, 0.25) is 0 Å². The van der Waals surface area contributed by atoms with Gasteiger partial charge in [-0.15, -0.1) is 11.6 Å². The van der Waals surface area contributed by atoms with Gasteiger partial charge in [0, 0.05) is 17.9 Å². The number of alkyl halides is 1. The number of benzene rings is 1. The molecule has 0 atom stereocenters. The van der Waals surface area contributed by atoms with E-state index in [4.69, 9.17) is 21.1 Å². The topological polar surface area (TPSA) is 35.5 Å². The van der Waals surface area contributed by atoms with Gasteiger partial charge in [0.25, 0.3) is 0 Å². The van der Waals surface area contributed by atoms with Crippen LogP contribution in [0, 0.1) is 0 Å². The maximum absolute atomic E-state index is 11.8. The lowest BCUT2D eigenvalue weighted by molar-refractivity contribution is 0.0981. The van der Waals surface area contributed by atoms with E-state index in [-0.39, 0.29) is 5.78 Å². The number of Topliss-reactive ketones (excluding diaryl/α,β-unsaturated/α-hetero) is 1. The molecule has 4 heteroatoms. The van der Waals surface area contributed by atoms with Crippen LogP contribution in [0.1, 0.15) is 36.5 Å². The molecular weight excluding hydrogens is 252 g/mol. The Hall–Kier alpha value is -1.22. The lowest BCUT2D eigenvalue weighted by Crippen LogP contribution is -2.02. The number of ether oxygens (including phenoxy) is 2. The van der Waals surface area contributed by atoms with Crippen molar-refractivity contribution in [3.63, 3.8) is 0 Å². The zero-order valence-electron chi connectivity index (χ0n) is 10.9. The van der Waals surface area contributed by atoms with Gasteiger partial charge < -0.3 is 9.47 Å². The number of ketones is 1. The molecule has 1 aromatic carbocycles. The summed E-state index contributed by atoms with van der Waals surface area (Å²) in [5.74, 6) is 1.85. The number of carbonyl (C=O) groups is 1. The monoisotopic (exact) mass is 270 g/mol. The van der Waals surface area contributed by atoms with Gasteiger partial charge in [0.15, 0.2) is 17.3 Å². The van der Waals surface area contributed by atoms with Gasteiger partial charge in [-0.3, -0.25) is 4.79 Å². The minimum atomic E-state index is 0.0796. The van der Waals surface area contributed by atoms with E-state index in [0.29, 0.717) is 42.4 Å². The summed E-state index contributed by atoms with van der Waals surface area (Å²) in [6.45, 7) is 2.67. The van der Waals surface area contributed by atoms with Crippen LogP contribution >= 0.6 is 11.6 Å². The summed E-state index contributed by atoms with van der Waals surface area (Å²) in [6, 6.07) is 5.27. The van der Waals surface area contributed by atoms with Crippen molar-refractivity contribution in [2.75, 3.05) is 19.6 Å². The molecule has 0 heterocycles. The summed E-state index contributed by atoms with van der Waals surface area (Å²) in [5.41, 5.74) is 0.640. The predicted molar refractivity (Wildman–Crippen MR) is 73.1 cm³/mol. The predicted octanol–water partition coefficient (Wildman–Crippen LogP) is 3.69. The molecule has 0 aliphatic heterocycles. The number of hydrogen-bond donors (Lipinski definition) is 0. The number of methoxy groups -OCH3 is 1. The molecule has 0 bridgehead atoms. The minimum Gasteiger partial charge on any atom is -0.493 e. The second-order valence-electron chi connectivity index (χ2n) is 3.93. The molecule has 0 spiro atoms. The highest BCUT2D eigenvalue weighted by molar-refractivity contribution is 6.18. The summed E-state index contributed by atoms with van der Waals surface area (Å²) in [6.07, 6.45) is 2.08. The van der Waals surface area contributed by atoms with E-state index in [2.05, 4.69) is 0 Å². The Morgan fingerprint density at radius 2 is 2.11 bits per heavy atom. The molecule has 0 N–H and O–H groups in total. The molecule has 18 heavy (non-hydrogen) atoms. The van der Waals surface area contributed by atoms with Crippen molar-refractivity contribution in [1.82, 2.24) is 0 Å². The van der Waals surface area contributed by atoms with Crippen LogP contribution < -0.4 is 9.47 Å². The standard InChI is InChI=1S/C14H19ClO3/c1-3-9-18-13-7-6-11(10-14(13)17-2)12(16)5-4-8-15/h6-7,10H,3-5,8-9H2,1-2H3. The highest BCUT2D eigenvalue weighted by Crippen LogP contribution is 2.28. The first-order valence-corrected chi connectivity index (χ1v) is 6.66. The van der Waals surface area contributed by atoms with Crippen molar-refractivity contribution in [2.24, 2.45) is 0 Å². The van der Waals surface area contributed by atoms with Gasteiger partial charge in [-0.1, -0.05) is 6.92 Å². The van der Waals surface area contributed by atoms with Crippen LogP contribution in [-0.4, -0.2) is 25.4 Å². The van der Waals surface area contributed by atoms with Gasteiger partial charge in [-0.2, -0.15) is 0 Å². The van der Waals surface area contributed by atoms with Crippen LogP contribution in [0.25, 0.3) is 0 Å². The van der Waals surface area contributed by atoms with Crippen LogP contribution in [0.2, 0.25) is 0 Å². The smallest absolute Gasteiger partial charge is 0.163 e. The molecule has 1 aromatic rings. The second-order valence-corrected chi connectivity index (χ2v) is 4.31. The molecule has 0 unspecified atom stereocenters. The number of hydrogen-bond acceptors (Lipinski definition) is 3. The molecule has 3 nitrogen and oxygen atoms in total. The van der Waals surface area contributed by atoms with Crippen molar-refractivity contribution in [1.29, 1.82) is 0 Å².